The average molecular weight is 247 g/mol. The van der Waals surface area contributed by atoms with Crippen molar-refractivity contribution in [3.8, 4) is 5.75 Å². The van der Waals surface area contributed by atoms with E-state index in [1.807, 2.05) is 0 Å². The fourth-order valence-corrected chi connectivity index (χ4v) is 1.17. The second kappa shape index (κ2) is 4.32. The highest BCUT2D eigenvalue weighted by Crippen LogP contribution is 2.37. The van der Waals surface area contributed by atoms with Crippen LogP contribution in [-0.4, -0.2) is 23.1 Å². The number of aliphatic carboxylic acids is 1. The van der Waals surface area contributed by atoms with Gasteiger partial charge in [-0.2, -0.15) is 8.78 Å². The molecule has 0 aliphatic heterocycles. The summed E-state index contributed by atoms with van der Waals surface area (Å²) in [5, 5.41) is 18.9. The minimum Gasteiger partial charge on any atom is -0.497 e. The molecule has 6 nitrogen and oxygen atoms in total. The van der Waals surface area contributed by atoms with E-state index in [0.717, 1.165) is 12.1 Å². The van der Waals surface area contributed by atoms with Gasteiger partial charge in [0, 0.05) is 0 Å². The molecule has 8 heteroatoms. The van der Waals surface area contributed by atoms with Crippen molar-refractivity contribution in [3.05, 3.63) is 33.9 Å². The summed E-state index contributed by atoms with van der Waals surface area (Å²) in [6, 6.07) is 2.43. The first-order valence-corrected chi connectivity index (χ1v) is 4.24. The Morgan fingerprint density at radius 1 is 1.53 bits per heavy atom. The van der Waals surface area contributed by atoms with Gasteiger partial charge in [0.2, 0.25) is 0 Å². The minimum atomic E-state index is -4.32. The topological polar surface area (TPSA) is 89.7 Å². The molecule has 1 N–H and O–H groups in total. The van der Waals surface area contributed by atoms with Crippen molar-refractivity contribution in [1.29, 1.82) is 0 Å². The van der Waals surface area contributed by atoms with Crippen LogP contribution in [0.4, 0.5) is 14.5 Å². The molecule has 0 amide bonds. The lowest BCUT2D eigenvalue weighted by Crippen LogP contribution is -2.26. The number of hydrogen-bond donors (Lipinski definition) is 1. The number of methoxy groups -OCH3 is 1. The Balaban J connectivity index is 3.43. The molecule has 92 valence electrons. The van der Waals surface area contributed by atoms with Crippen LogP contribution in [0.1, 0.15) is 5.56 Å². The van der Waals surface area contributed by atoms with E-state index >= 15 is 0 Å². The molecule has 1 aromatic rings. The number of rotatable bonds is 4. The van der Waals surface area contributed by atoms with Crippen molar-refractivity contribution in [3.63, 3.8) is 0 Å². The molecule has 0 heterocycles. The predicted molar refractivity (Wildman–Crippen MR) is 51.2 cm³/mol. The van der Waals surface area contributed by atoms with Crippen molar-refractivity contribution in [2.75, 3.05) is 7.11 Å². The van der Waals surface area contributed by atoms with Crippen LogP contribution in [0.25, 0.3) is 0 Å². The zero-order chi connectivity index (χ0) is 13.2. The number of carboxylic acid groups (broad SMARTS) is 1. The van der Waals surface area contributed by atoms with Gasteiger partial charge in [0.15, 0.2) is 0 Å². The van der Waals surface area contributed by atoms with Gasteiger partial charge in [-0.15, -0.1) is 0 Å². The molecule has 0 unspecified atom stereocenters. The molecule has 0 spiro atoms. The fourth-order valence-electron chi connectivity index (χ4n) is 1.17. The molecule has 0 fully saturated rings. The van der Waals surface area contributed by atoms with Gasteiger partial charge in [-0.25, -0.2) is 4.79 Å². The van der Waals surface area contributed by atoms with Gasteiger partial charge in [-0.1, -0.05) is 0 Å². The summed E-state index contributed by atoms with van der Waals surface area (Å²) in [6.45, 7) is 0. The van der Waals surface area contributed by atoms with Crippen LogP contribution in [-0.2, 0) is 10.7 Å². The Kier molecular flexibility index (Phi) is 3.26. The number of halogens is 2. The Labute approximate surface area is 93.6 Å². The third-order valence-corrected chi connectivity index (χ3v) is 2.01. The van der Waals surface area contributed by atoms with Crippen LogP contribution in [0.15, 0.2) is 18.2 Å². The van der Waals surface area contributed by atoms with Gasteiger partial charge >= 0.3 is 11.9 Å². The van der Waals surface area contributed by atoms with E-state index in [2.05, 4.69) is 4.74 Å². The van der Waals surface area contributed by atoms with Crippen LogP contribution in [0.3, 0.4) is 0 Å². The standard InChI is InChI=1S/C9H7F2NO5/c1-17-5-2-3-6(7(4-5)12(15)16)9(10,11)8(13)14/h2-4H,1H3,(H,13,14). The molecule has 0 aromatic heterocycles. The summed E-state index contributed by atoms with van der Waals surface area (Å²) >= 11 is 0. The van der Waals surface area contributed by atoms with Gasteiger partial charge in [0.25, 0.3) is 5.69 Å². The van der Waals surface area contributed by atoms with Gasteiger partial charge in [-0.3, -0.25) is 10.1 Å². The molecule has 17 heavy (non-hydrogen) atoms. The summed E-state index contributed by atoms with van der Waals surface area (Å²) in [5.41, 5.74) is -2.19. The van der Waals surface area contributed by atoms with Crippen LogP contribution in [0.2, 0.25) is 0 Å². The predicted octanol–water partition coefficient (Wildman–Crippen LogP) is 1.78. The molecule has 1 aromatic carbocycles. The van der Waals surface area contributed by atoms with E-state index in [-0.39, 0.29) is 5.75 Å². The smallest absolute Gasteiger partial charge is 0.379 e. The molecule has 0 saturated heterocycles. The van der Waals surface area contributed by atoms with Gasteiger partial charge in [0.1, 0.15) is 11.3 Å². The van der Waals surface area contributed by atoms with Crippen molar-refractivity contribution < 1.29 is 28.3 Å². The number of nitrogens with zero attached hydrogens (tertiary/aromatic N) is 1. The lowest BCUT2D eigenvalue weighted by Gasteiger charge is -2.12. The number of carbonyl (C=O) groups is 1. The lowest BCUT2D eigenvalue weighted by atomic mass is 10.1. The third-order valence-electron chi connectivity index (χ3n) is 2.01. The Morgan fingerprint density at radius 2 is 2.12 bits per heavy atom. The van der Waals surface area contributed by atoms with Crippen LogP contribution in [0.5, 0.6) is 5.75 Å². The van der Waals surface area contributed by atoms with Crippen LogP contribution < -0.4 is 4.74 Å². The van der Waals surface area contributed by atoms with Crippen LogP contribution >= 0.6 is 0 Å². The average Bonchev–Trinajstić information content (AvgIpc) is 2.27. The third kappa shape index (κ3) is 2.30. The maximum absolute atomic E-state index is 13.2. The Morgan fingerprint density at radius 3 is 2.53 bits per heavy atom. The second-order valence-corrected chi connectivity index (χ2v) is 3.02. The second-order valence-electron chi connectivity index (χ2n) is 3.02. The van der Waals surface area contributed by atoms with Crippen LogP contribution in [0, 0.1) is 10.1 Å². The summed E-state index contributed by atoms with van der Waals surface area (Å²) in [7, 11) is 1.20. The maximum atomic E-state index is 13.2. The highest BCUT2D eigenvalue weighted by molar-refractivity contribution is 5.79. The zero-order valence-electron chi connectivity index (χ0n) is 8.52. The number of carboxylic acids is 1. The molecule has 0 bridgehead atoms. The molecule has 0 atom stereocenters. The number of hydrogen-bond acceptors (Lipinski definition) is 4. The first kappa shape index (κ1) is 12.8. The quantitative estimate of drug-likeness (QED) is 0.646. The summed E-state index contributed by atoms with van der Waals surface area (Å²) in [5.74, 6) is -6.79. The first-order chi connectivity index (χ1) is 7.80. The number of nitro benzene ring substituents is 1. The Hall–Kier alpha value is -2.25. The molecule has 0 radical (unpaired) electrons. The first-order valence-electron chi connectivity index (χ1n) is 4.24. The van der Waals surface area contributed by atoms with Crippen molar-refractivity contribution in [1.82, 2.24) is 0 Å². The maximum Gasteiger partial charge on any atom is 0.379 e. The monoisotopic (exact) mass is 247 g/mol. The fraction of sp³-hybridized carbons (Fsp3) is 0.222. The van der Waals surface area contributed by atoms with E-state index in [9.17, 15) is 23.7 Å². The largest absolute Gasteiger partial charge is 0.497 e. The molecule has 0 saturated carbocycles. The molecule has 0 aliphatic rings. The van der Waals surface area contributed by atoms with E-state index < -0.39 is 28.1 Å². The molecular weight excluding hydrogens is 240 g/mol. The molecular formula is C9H7F2NO5. The van der Waals surface area contributed by atoms with Crippen molar-refractivity contribution in [2.24, 2.45) is 0 Å². The van der Waals surface area contributed by atoms with E-state index in [0.29, 0.717) is 6.07 Å². The van der Waals surface area contributed by atoms with E-state index in [1.165, 1.54) is 7.11 Å². The Bertz CT molecular complexity index is 474. The van der Waals surface area contributed by atoms with Crippen molar-refractivity contribution >= 4 is 11.7 Å². The minimum absolute atomic E-state index is 0.0124. The highest BCUT2D eigenvalue weighted by Gasteiger charge is 2.46. The number of nitro groups is 1. The van der Waals surface area contributed by atoms with Gasteiger partial charge < -0.3 is 9.84 Å². The SMILES string of the molecule is COc1ccc(C(F)(F)C(=O)O)c([N+](=O)[O-])c1. The van der Waals surface area contributed by atoms with Gasteiger partial charge in [-0.05, 0) is 12.1 Å². The number of benzene rings is 1. The number of ether oxygens (including phenoxy) is 1. The van der Waals surface area contributed by atoms with Gasteiger partial charge in [0.05, 0.1) is 18.1 Å². The van der Waals surface area contributed by atoms with E-state index in [1.54, 1.807) is 0 Å². The zero-order valence-corrected chi connectivity index (χ0v) is 8.52. The summed E-state index contributed by atoms with van der Waals surface area (Å²) < 4.78 is 31.0. The summed E-state index contributed by atoms with van der Waals surface area (Å²) in [4.78, 5) is 19.8. The lowest BCUT2D eigenvalue weighted by molar-refractivity contribution is -0.386. The number of alkyl halides is 2. The normalized spacial score (nSPS) is 11.0. The van der Waals surface area contributed by atoms with Crippen molar-refractivity contribution in [2.45, 2.75) is 5.92 Å². The summed E-state index contributed by atoms with van der Waals surface area (Å²) in [6.07, 6.45) is 0. The molecule has 1 rings (SSSR count). The highest BCUT2D eigenvalue weighted by atomic mass is 19.3. The van der Waals surface area contributed by atoms with E-state index in [4.69, 9.17) is 5.11 Å². The molecule has 0 aliphatic carbocycles.